The monoisotopic (exact) mass is 361 g/mol. The second kappa shape index (κ2) is 8.48. The van der Waals surface area contributed by atoms with Crippen molar-refractivity contribution >= 4 is 28.5 Å². The van der Waals surface area contributed by atoms with Crippen LogP contribution in [0.15, 0.2) is 24.3 Å². The Labute approximate surface area is 122 Å². The minimum Gasteiger partial charge on any atom is -0.381 e. The average Bonchev–Trinajstić information content (AvgIpc) is 2.33. The molecule has 0 aliphatic heterocycles. The van der Waals surface area contributed by atoms with E-state index < -0.39 is 0 Å². The first-order chi connectivity index (χ1) is 8.59. The van der Waals surface area contributed by atoms with E-state index in [1.165, 1.54) is 0 Å². The maximum absolute atomic E-state index is 11.8. The molecule has 0 aromatic heterocycles. The number of rotatable bonds is 7. The summed E-state index contributed by atoms with van der Waals surface area (Å²) in [6, 6.07) is 7.57. The van der Waals surface area contributed by atoms with Gasteiger partial charge in [0.15, 0.2) is 0 Å². The Balaban J connectivity index is 2.18. The number of ether oxygens (including phenoxy) is 1. The highest BCUT2D eigenvalue weighted by atomic mass is 127. The van der Waals surface area contributed by atoms with E-state index in [0.29, 0.717) is 24.6 Å². The van der Waals surface area contributed by atoms with Crippen LogP contribution < -0.4 is 5.32 Å². The molecule has 1 aromatic rings. The molecule has 1 N–H and O–H groups in total. The van der Waals surface area contributed by atoms with Crippen LogP contribution in [0.2, 0.25) is 0 Å². The summed E-state index contributed by atoms with van der Waals surface area (Å²) in [7, 11) is 0. The van der Waals surface area contributed by atoms with Crippen LogP contribution in [0.3, 0.4) is 0 Å². The summed E-state index contributed by atoms with van der Waals surface area (Å²) < 4.78 is 6.52. The number of amides is 1. The van der Waals surface area contributed by atoms with Gasteiger partial charge in [-0.2, -0.15) is 0 Å². The molecule has 0 atom stereocenters. The molecule has 0 radical (unpaired) electrons. The lowest BCUT2D eigenvalue weighted by atomic mass is 10.2. The molecule has 0 unspecified atom stereocenters. The van der Waals surface area contributed by atoms with Crippen molar-refractivity contribution in [1.82, 2.24) is 5.32 Å². The van der Waals surface area contributed by atoms with Gasteiger partial charge >= 0.3 is 0 Å². The van der Waals surface area contributed by atoms with E-state index in [9.17, 15) is 4.79 Å². The normalized spacial score (nSPS) is 10.7. The first-order valence-corrected chi connectivity index (χ1v) is 7.29. The molecule has 0 aliphatic rings. The Kier molecular flexibility index (Phi) is 7.27. The van der Waals surface area contributed by atoms with E-state index in [1.54, 1.807) is 0 Å². The van der Waals surface area contributed by atoms with Crippen molar-refractivity contribution in [3.8, 4) is 0 Å². The minimum atomic E-state index is -0.0163. The molecule has 18 heavy (non-hydrogen) atoms. The molecule has 0 aliphatic carbocycles. The van der Waals surface area contributed by atoms with Crippen molar-refractivity contribution in [2.45, 2.75) is 20.3 Å². The van der Waals surface area contributed by atoms with E-state index in [1.807, 2.05) is 24.3 Å². The zero-order valence-corrected chi connectivity index (χ0v) is 13.1. The molecule has 100 valence electrons. The maximum Gasteiger partial charge on any atom is 0.251 e. The summed E-state index contributed by atoms with van der Waals surface area (Å²) in [5.41, 5.74) is 0.713. The molecule has 0 spiro atoms. The van der Waals surface area contributed by atoms with E-state index in [4.69, 9.17) is 4.74 Å². The second-order valence-corrected chi connectivity index (χ2v) is 5.83. The van der Waals surface area contributed by atoms with Crippen molar-refractivity contribution < 1.29 is 9.53 Å². The maximum atomic E-state index is 11.8. The van der Waals surface area contributed by atoms with Crippen LogP contribution in [0.1, 0.15) is 30.6 Å². The third kappa shape index (κ3) is 6.35. The Morgan fingerprint density at radius 1 is 1.44 bits per heavy atom. The van der Waals surface area contributed by atoms with Gasteiger partial charge in [0, 0.05) is 28.9 Å². The summed E-state index contributed by atoms with van der Waals surface area (Å²) in [5.74, 6) is 0.545. The molecular weight excluding hydrogens is 341 g/mol. The van der Waals surface area contributed by atoms with Gasteiger partial charge in [-0.1, -0.05) is 19.9 Å². The molecule has 0 fully saturated rings. The first-order valence-electron chi connectivity index (χ1n) is 6.21. The van der Waals surface area contributed by atoms with E-state index in [2.05, 4.69) is 41.8 Å². The van der Waals surface area contributed by atoms with Gasteiger partial charge in [-0.05, 0) is 53.1 Å². The van der Waals surface area contributed by atoms with Gasteiger partial charge in [0.05, 0.1) is 0 Å². The topological polar surface area (TPSA) is 38.3 Å². The van der Waals surface area contributed by atoms with Gasteiger partial charge < -0.3 is 10.1 Å². The SMILES string of the molecule is CC(C)COCCCNC(=O)c1cccc(I)c1. The van der Waals surface area contributed by atoms with Crippen LogP contribution in [0, 0.1) is 9.49 Å². The van der Waals surface area contributed by atoms with E-state index in [0.717, 1.165) is 16.6 Å². The van der Waals surface area contributed by atoms with Gasteiger partial charge in [0.25, 0.3) is 5.91 Å². The fraction of sp³-hybridized carbons (Fsp3) is 0.500. The number of hydrogen-bond acceptors (Lipinski definition) is 2. The van der Waals surface area contributed by atoms with Crippen molar-refractivity contribution in [2.24, 2.45) is 5.92 Å². The quantitative estimate of drug-likeness (QED) is 0.599. The molecule has 1 rings (SSSR count). The number of hydrogen-bond donors (Lipinski definition) is 1. The van der Waals surface area contributed by atoms with Gasteiger partial charge in [-0.25, -0.2) is 0 Å². The number of halogens is 1. The van der Waals surface area contributed by atoms with Gasteiger partial charge in [0.2, 0.25) is 0 Å². The highest BCUT2D eigenvalue weighted by Crippen LogP contribution is 2.07. The molecule has 0 bridgehead atoms. The van der Waals surface area contributed by atoms with Crippen molar-refractivity contribution in [3.63, 3.8) is 0 Å². The fourth-order valence-corrected chi connectivity index (χ4v) is 1.97. The Morgan fingerprint density at radius 3 is 2.89 bits per heavy atom. The molecule has 4 heteroatoms. The van der Waals surface area contributed by atoms with Crippen LogP contribution in [0.25, 0.3) is 0 Å². The van der Waals surface area contributed by atoms with Crippen LogP contribution in [-0.2, 0) is 4.74 Å². The number of carbonyl (C=O) groups is 1. The second-order valence-electron chi connectivity index (χ2n) is 4.59. The summed E-state index contributed by atoms with van der Waals surface area (Å²) in [6.07, 6.45) is 0.850. The molecule has 1 amide bonds. The number of carbonyl (C=O) groups excluding carboxylic acids is 1. The zero-order valence-electron chi connectivity index (χ0n) is 10.9. The molecule has 0 saturated heterocycles. The summed E-state index contributed by atoms with van der Waals surface area (Å²) in [4.78, 5) is 11.8. The predicted molar refractivity (Wildman–Crippen MR) is 81.8 cm³/mol. The van der Waals surface area contributed by atoms with Crippen molar-refractivity contribution in [3.05, 3.63) is 33.4 Å². The molecule has 1 aromatic carbocycles. The lowest BCUT2D eigenvalue weighted by molar-refractivity contribution is 0.0925. The highest BCUT2D eigenvalue weighted by molar-refractivity contribution is 14.1. The summed E-state index contributed by atoms with van der Waals surface area (Å²) in [6.45, 7) is 6.38. The zero-order chi connectivity index (χ0) is 13.4. The summed E-state index contributed by atoms with van der Waals surface area (Å²) >= 11 is 2.20. The molecule has 3 nitrogen and oxygen atoms in total. The Hall–Kier alpha value is -0.620. The Bertz CT molecular complexity index is 380. The highest BCUT2D eigenvalue weighted by Gasteiger charge is 2.04. The average molecular weight is 361 g/mol. The minimum absolute atomic E-state index is 0.0163. The van der Waals surface area contributed by atoms with Crippen molar-refractivity contribution in [2.75, 3.05) is 19.8 Å². The van der Waals surface area contributed by atoms with Gasteiger partial charge in [0.1, 0.15) is 0 Å². The van der Waals surface area contributed by atoms with Crippen LogP contribution in [0.4, 0.5) is 0 Å². The van der Waals surface area contributed by atoms with E-state index >= 15 is 0 Å². The standard InChI is InChI=1S/C14H20INO2/c1-11(2)10-18-8-4-7-16-14(17)12-5-3-6-13(15)9-12/h3,5-6,9,11H,4,7-8,10H2,1-2H3,(H,16,17). The molecule has 0 heterocycles. The smallest absolute Gasteiger partial charge is 0.251 e. The number of benzene rings is 1. The lowest BCUT2D eigenvalue weighted by Gasteiger charge is -2.08. The van der Waals surface area contributed by atoms with E-state index in [-0.39, 0.29) is 5.91 Å². The fourth-order valence-electron chi connectivity index (χ4n) is 1.43. The van der Waals surface area contributed by atoms with Crippen molar-refractivity contribution in [1.29, 1.82) is 0 Å². The third-order valence-corrected chi connectivity index (χ3v) is 2.96. The third-order valence-electron chi connectivity index (χ3n) is 2.29. The van der Waals surface area contributed by atoms with Gasteiger partial charge in [-0.15, -0.1) is 0 Å². The summed E-state index contributed by atoms with van der Waals surface area (Å²) in [5, 5.41) is 2.89. The Morgan fingerprint density at radius 2 is 2.22 bits per heavy atom. The van der Waals surface area contributed by atoms with Gasteiger partial charge in [-0.3, -0.25) is 4.79 Å². The molecule has 0 saturated carbocycles. The number of nitrogens with one attached hydrogen (secondary N) is 1. The predicted octanol–water partition coefficient (Wildman–Crippen LogP) is 3.08. The lowest BCUT2D eigenvalue weighted by Crippen LogP contribution is -2.25. The van der Waals surface area contributed by atoms with Crippen LogP contribution in [-0.4, -0.2) is 25.7 Å². The van der Waals surface area contributed by atoms with Crippen LogP contribution in [0.5, 0.6) is 0 Å². The largest absolute Gasteiger partial charge is 0.381 e. The molecular formula is C14H20INO2. The van der Waals surface area contributed by atoms with Crippen LogP contribution >= 0.6 is 22.6 Å². The first kappa shape index (κ1) is 15.4.